The number of carboxylic acid groups (broad SMARTS) is 1. The normalized spacial score (nSPS) is 13.4. The van der Waals surface area contributed by atoms with E-state index in [9.17, 15) is 14.7 Å². The lowest BCUT2D eigenvalue weighted by atomic mass is 10.1. The fourth-order valence-corrected chi connectivity index (χ4v) is 1.82. The van der Waals surface area contributed by atoms with Crippen LogP contribution in [0.2, 0.25) is 0 Å². The van der Waals surface area contributed by atoms with Gasteiger partial charge in [0.2, 0.25) is 5.91 Å². The lowest BCUT2D eigenvalue weighted by Gasteiger charge is -2.15. The predicted octanol–water partition coefficient (Wildman–Crippen LogP) is 1.06. The van der Waals surface area contributed by atoms with Crippen molar-refractivity contribution in [3.63, 3.8) is 0 Å². The van der Waals surface area contributed by atoms with Crippen molar-refractivity contribution in [2.75, 3.05) is 13.7 Å². The SMILES string of the molecule is CCOc1ccc(/C=C/C(=O)NC(C(=O)O)C(C)O)cc1OC. The molecule has 1 amide bonds. The summed E-state index contributed by atoms with van der Waals surface area (Å²) in [5.74, 6) is -0.797. The van der Waals surface area contributed by atoms with Crippen LogP contribution in [-0.4, -0.2) is 48.0 Å². The molecule has 0 aliphatic carbocycles. The third kappa shape index (κ3) is 5.63. The molecule has 7 heteroatoms. The molecule has 2 unspecified atom stereocenters. The smallest absolute Gasteiger partial charge is 0.328 e. The molecule has 0 fully saturated rings. The predicted molar refractivity (Wildman–Crippen MR) is 84.4 cm³/mol. The second-order valence-corrected chi connectivity index (χ2v) is 4.74. The van der Waals surface area contributed by atoms with Crippen LogP contribution in [0.15, 0.2) is 24.3 Å². The van der Waals surface area contributed by atoms with E-state index in [2.05, 4.69) is 5.32 Å². The Bertz CT molecular complexity index is 582. The molecule has 2 atom stereocenters. The second-order valence-electron chi connectivity index (χ2n) is 4.74. The molecule has 3 N–H and O–H groups in total. The quantitative estimate of drug-likeness (QED) is 0.618. The zero-order valence-electron chi connectivity index (χ0n) is 13.3. The van der Waals surface area contributed by atoms with Gasteiger partial charge in [0.05, 0.1) is 19.8 Å². The van der Waals surface area contributed by atoms with Gasteiger partial charge >= 0.3 is 5.97 Å². The number of aliphatic hydroxyl groups is 1. The van der Waals surface area contributed by atoms with Gasteiger partial charge in [0.15, 0.2) is 17.5 Å². The topological polar surface area (TPSA) is 105 Å². The summed E-state index contributed by atoms with van der Waals surface area (Å²) >= 11 is 0. The summed E-state index contributed by atoms with van der Waals surface area (Å²) in [5, 5.41) is 20.4. The minimum absolute atomic E-state index is 0.504. The first-order valence-corrected chi connectivity index (χ1v) is 7.09. The van der Waals surface area contributed by atoms with Gasteiger partial charge in [-0.05, 0) is 37.6 Å². The Labute approximate surface area is 134 Å². The van der Waals surface area contributed by atoms with E-state index in [0.29, 0.717) is 23.7 Å². The molecule has 1 aromatic carbocycles. The Morgan fingerprint density at radius 3 is 2.57 bits per heavy atom. The first-order chi connectivity index (χ1) is 10.9. The van der Waals surface area contributed by atoms with Crippen molar-refractivity contribution in [2.45, 2.75) is 26.0 Å². The van der Waals surface area contributed by atoms with Crippen LogP contribution in [0.5, 0.6) is 11.5 Å². The number of amides is 1. The molecule has 0 spiro atoms. The number of hydrogen-bond acceptors (Lipinski definition) is 5. The lowest BCUT2D eigenvalue weighted by molar-refractivity contribution is -0.144. The third-order valence-electron chi connectivity index (χ3n) is 2.96. The van der Waals surface area contributed by atoms with Crippen molar-refractivity contribution < 1.29 is 29.3 Å². The molecule has 0 saturated carbocycles. The van der Waals surface area contributed by atoms with E-state index >= 15 is 0 Å². The highest BCUT2D eigenvalue weighted by molar-refractivity contribution is 5.94. The van der Waals surface area contributed by atoms with Crippen molar-refractivity contribution in [1.29, 1.82) is 0 Å². The number of rotatable bonds is 8. The van der Waals surface area contributed by atoms with Gasteiger partial charge < -0.3 is 25.0 Å². The van der Waals surface area contributed by atoms with E-state index in [0.717, 1.165) is 0 Å². The summed E-state index contributed by atoms with van der Waals surface area (Å²) in [6, 6.07) is 3.79. The maximum atomic E-state index is 11.7. The van der Waals surface area contributed by atoms with E-state index in [4.69, 9.17) is 14.6 Å². The molecule has 0 aliphatic heterocycles. The number of aliphatic hydroxyl groups excluding tert-OH is 1. The Kier molecular flexibility index (Phi) is 7.08. The third-order valence-corrected chi connectivity index (χ3v) is 2.96. The maximum absolute atomic E-state index is 11.7. The fourth-order valence-electron chi connectivity index (χ4n) is 1.82. The number of carbonyl (C=O) groups excluding carboxylic acids is 1. The minimum atomic E-state index is -1.36. The second kappa shape index (κ2) is 8.79. The summed E-state index contributed by atoms with van der Waals surface area (Å²) in [7, 11) is 1.51. The van der Waals surface area contributed by atoms with Crippen LogP contribution in [0.1, 0.15) is 19.4 Å². The summed E-state index contributed by atoms with van der Waals surface area (Å²) in [5.41, 5.74) is 0.685. The number of ether oxygens (including phenoxy) is 2. The van der Waals surface area contributed by atoms with Gasteiger partial charge in [-0.15, -0.1) is 0 Å². The van der Waals surface area contributed by atoms with Gasteiger partial charge in [0.1, 0.15) is 0 Å². The highest BCUT2D eigenvalue weighted by Crippen LogP contribution is 2.28. The zero-order chi connectivity index (χ0) is 17.4. The maximum Gasteiger partial charge on any atom is 0.328 e. The van der Waals surface area contributed by atoms with Crippen LogP contribution < -0.4 is 14.8 Å². The minimum Gasteiger partial charge on any atom is -0.493 e. The van der Waals surface area contributed by atoms with Gasteiger partial charge in [-0.3, -0.25) is 4.79 Å². The highest BCUT2D eigenvalue weighted by atomic mass is 16.5. The molecule has 0 aliphatic rings. The summed E-state index contributed by atoms with van der Waals surface area (Å²) in [4.78, 5) is 22.6. The molecule has 23 heavy (non-hydrogen) atoms. The van der Waals surface area contributed by atoms with Crippen LogP contribution in [0, 0.1) is 0 Å². The lowest BCUT2D eigenvalue weighted by Crippen LogP contribution is -2.47. The molecule has 0 radical (unpaired) electrons. The molecular formula is C16H21NO6. The van der Waals surface area contributed by atoms with Crippen LogP contribution in [0.4, 0.5) is 0 Å². The van der Waals surface area contributed by atoms with Crippen molar-refractivity contribution in [1.82, 2.24) is 5.32 Å². The summed E-state index contributed by atoms with van der Waals surface area (Å²) in [6.45, 7) is 3.66. The van der Waals surface area contributed by atoms with Gasteiger partial charge in [-0.2, -0.15) is 0 Å². The number of carboxylic acids is 1. The Hall–Kier alpha value is -2.54. The van der Waals surface area contributed by atoms with Crippen LogP contribution in [0.3, 0.4) is 0 Å². The van der Waals surface area contributed by atoms with Crippen molar-refractivity contribution in [2.24, 2.45) is 0 Å². The average Bonchev–Trinajstić information content (AvgIpc) is 2.51. The van der Waals surface area contributed by atoms with Gasteiger partial charge in [-0.1, -0.05) is 6.07 Å². The van der Waals surface area contributed by atoms with E-state index in [1.54, 1.807) is 18.2 Å². The first kappa shape index (κ1) is 18.5. The molecule has 0 bridgehead atoms. The Morgan fingerprint density at radius 1 is 1.35 bits per heavy atom. The van der Waals surface area contributed by atoms with Crippen molar-refractivity contribution >= 4 is 18.0 Å². The molecule has 126 valence electrons. The fraction of sp³-hybridized carbons (Fsp3) is 0.375. The van der Waals surface area contributed by atoms with Crippen LogP contribution >= 0.6 is 0 Å². The van der Waals surface area contributed by atoms with Crippen molar-refractivity contribution in [3.05, 3.63) is 29.8 Å². The number of nitrogens with one attached hydrogen (secondary N) is 1. The Morgan fingerprint density at radius 2 is 2.04 bits per heavy atom. The van der Waals surface area contributed by atoms with Gasteiger partial charge in [0, 0.05) is 6.08 Å². The molecule has 7 nitrogen and oxygen atoms in total. The van der Waals surface area contributed by atoms with E-state index < -0.39 is 24.0 Å². The van der Waals surface area contributed by atoms with E-state index in [-0.39, 0.29) is 0 Å². The number of benzene rings is 1. The molecular weight excluding hydrogens is 302 g/mol. The number of aliphatic carboxylic acids is 1. The molecule has 1 rings (SSSR count). The summed E-state index contributed by atoms with van der Waals surface area (Å²) < 4.78 is 10.6. The zero-order valence-corrected chi connectivity index (χ0v) is 13.3. The molecule has 1 aromatic rings. The monoisotopic (exact) mass is 323 g/mol. The number of methoxy groups -OCH3 is 1. The molecule has 0 heterocycles. The van der Waals surface area contributed by atoms with E-state index in [1.165, 1.54) is 26.2 Å². The average molecular weight is 323 g/mol. The van der Waals surface area contributed by atoms with Crippen LogP contribution in [0.25, 0.3) is 6.08 Å². The van der Waals surface area contributed by atoms with Crippen LogP contribution in [-0.2, 0) is 9.59 Å². The molecule has 0 aromatic heterocycles. The van der Waals surface area contributed by atoms with Crippen molar-refractivity contribution in [3.8, 4) is 11.5 Å². The highest BCUT2D eigenvalue weighted by Gasteiger charge is 2.23. The van der Waals surface area contributed by atoms with E-state index in [1.807, 2.05) is 6.92 Å². The standard InChI is InChI=1S/C16H21NO6/c1-4-23-12-7-5-11(9-13(12)22-3)6-8-14(19)17-15(10(2)18)16(20)21/h5-10,15,18H,4H2,1-3H3,(H,17,19)(H,20,21)/b8-6+. The van der Waals surface area contributed by atoms with Gasteiger partial charge in [0.25, 0.3) is 0 Å². The number of carbonyl (C=O) groups is 2. The van der Waals surface area contributed by atoms with Gasteiger partial charge in [-0.25, -0.2) is 4.79 Å². The first-order valence-electron chi connectivity index (χ1n) is 7.09. The number of hydrogen-bond donors (Lipinski definition) is 3. The largest absolute Gasteiger partial charge is 0.493 e. The Balaban J connectivity index is 2.80. The summed E-state index contributed by atoms with van der Waals surface area (Å²) in [6.07, 6.45) is 1.50. The molecule has 0 saturated heterocycles.